The van der Waals surface area contributed by atoms with Gasteiger partial charge in [0.2, 0.25) is 11.3 Å². The normalized spacial score (nSPS) is 16.5. The Hall–Kier alpha value is -3.29. The zero-order valence-electron chi connectivity index (χ0n) is 15.8. The molecule has 144 valence electrons. The molecule has 1 amide bonds. The molecule has 0 aromatic carbocycles. The molecule has 4 rings (SSSR count). The highest BCUT2D eigenvalue weighted by Crippen LogP contribution is 2.18. The summed E-state index contributed by atoms with van der Waals surface area (Å²) in [7, 11) is 0. The largest absolute Gasteiger partial charge is 0.471 e. The first kappa shape index (κ1) is 18.1. The van der Waals surface area contributed by atoms with Crippen LogP contribution in [0, 0.1) is 6.92 Å². The number of hydrogen-bond acceptors (Lipinski definition) is 6. The van der Waals surface area contributed by atoms with Crippen LogP contribution in [0.5, 0.6) is 5.88 Å². The molecular weight excluding hydrogens is 358 g/mol. The van der Waals surface area contributed by atoms with Gasteiger partial charge in [0, 0.05) is 43.8 Å². The Balaban J connectivity index is 1.60. The molecule has 0 unspecified atom stereocenters. The third-order valence-electron chi connectivity index (χ3n) is 4.89. The molecule has 1 saturated heterocycles. The number of rotatable bonds is 4. The quantitative estimate of drug-likeness (QED) is 0.687. The second kappa shape index (κ2) is 7.38. The van der Waals surface area contributed by atoms with Gasteiger partial charge in [-0.25, -0.2) is 9.97 Å². The number of hydrogen-bond donors (Lipinski definition) is 0. The number of ether oxygens (including phenoxy) is 1. The highest BCUT2D eigenvalue weighted by molar-refractivity contribution is 5.97. The molecule has 0 N–H and O–H groups in total. The topological polar surface area (TPSA) is 90.2 Å². The number of carbonyl (C=O) groups is 1. The third kappa shape index (κ3) is 3.33. The van der Waals surface area contributed by atoms with E-state index >= 15 is 0 Å². The van der Waals surface area contributed by atoms with E-state index in [9.17, 15) is 9.59 Å². The first-order chi connectivity index (χ1) is 13.6. The predicted molar refractivity (Wildman–Crippen MR) is 103 cm³/mol. The lowest BCUT2D eigenvalue weighted by molar-refractivity contribution is 0.0769. The third-order valence-corrected chi connectivity index (χ3v) is 4.89. The summed E-state index contributed by atoms with van der Waals surface area (Å²) < 4.78 is 7.64. The van der Waals surface area contributed by atoms with Gasteiger partial charge in [0.05, 0.1) is 18.1 Å². The number of likely N-dealkylation sites (tertiary alicyclic amines) is 1. The van der Waals surface area contributed by atoms with Crippen molar-refractivity contribution in [3.63, 3.8) is 0 Å². The van der Waals surface area contributed by atoms with Gasteiger partial charge < -0.3 is 14.2 Å². The Bertz CT molecular complexity index is 1080. The molecule has 3 aromatic heterocycles. The van der Waals surface area contributed by atoms with Gasteiger partial charge >= 0.3 is 0 Å². The van der Waals surface area contributed by atoms with Crippen molar-refractivity contribution in [1.82, 2.24) is 24.4 Å². The zero-order chi connectivity index (χ0) is 19.7. The van der Waals surface area contributed by atoms with Crippen molar-refractivity contribution in [3.05, 3.63) is 58.4 Å². The molecule has 0 aliphatic carbocycles. The fourth-order valence-corrected chi connectivity index (χ4v) is 3.45. The summed E-state index contributed by atoms with van der Waals surface area (Å²) in [6, 6.07) is 3.53. The molecule has 28 heavy (non-hydrogen) atoms. The molecule has 0 bridgehead atoms. The second-order valence-electron chi connectivity index (χ2n) is 6.81. The maximum atomic E-state index is 13.1. The number of aromatic nitrogens is 4. The molecule has 1 atom stereocenters. The molecule has 0 saturated carbocycles. The molecule has 1 aliphatic rings. The Kier molecular flexibility index (Phi) is 4.77. The number of nitrogens with zero attached hydrogens (tertiary/aromatic N) is 5. The average Bonchev–Trinajstić information content (AvgIpc) is 3.17. The number of pyridine rings is 2. The molecule has 1 aliphatic heterocycles. The standard InChI is InChI=1S/C20H21N5O3/c1-3-24-12-16(18(26)15-5-4-13(2)23-19(15)24)20(27)25-9-6-14(11-25)28-17-10-21-7-8-22-17/h4-5,7-8,10,12,14H,3,6,9,11H2,1-2H3/t14-/m0/s1. The summed E-state index contributed by atoms with van der Waals surface area (Å²) in [6.45, 7) is 5.39. The zero-order valence-corrected chi connectivity index (χ0v) is 15.8. The van der Waals surface area contributed by atoms with Gasteiger partial charge in [0.1, 0.15) is 17.3 Å². The summed E-state index contributed by atoms with van der Waals surface area (Å²) in [6.07, 6.45) is 6.81. The van der Waals surface area contributed by atoms with Gasteiger partial charge in [-0.1, -0.05) is 0 Å². The molecule has 0 spiro atoms. The molecule has 1 fully saturated rings. The number of amides is 1. The molecule has 4 heterocycles. The lowest BCUT2D eigenvalue weighted by Crippen LogP contribution is -2.34. The first-order valence-corrected chi connectivity index (χ1v) is 9.29. The molecule has 8 nitrogen and oxygen atoms in total. The molecular formula is C20H21N5O3. The van der Waals surface area contributed by atoms with Crippen LogP contribution in [-0.2, 0) is 6.54 Å². The summed E-state index contributed by atoms with van der Waals surface area (Å²) in [5.41, 5.74) is 1.32. The van der Waals surface area contributed by atoms with E-state index in [2.05, 4.69) is 15.0 Å². The van der Waals surface area contributed by atoms with Crippen LogP contribution in [0.3, 0.4) is 0 Å². The van der Waals surface area contributed by atoms with Crippen LogP contribution in [0.2, 0.25) is 0 Å². The SMILES string of the molecule is CCn1cc(C(=O)N2CC[C@H](Oc3cnccn3)C2)c(=O)c2ccc(C)nc21. The lowest BCUT2D eigenvalue weighted by atomic mass is 10.1. The monoisotopic (exact) mass is 379 g/mol. The van der Waals surface area contributed by atoms with Crippen molar-refractivity contribution in [2.24, 2.45) is 0 Å². The fourth-order valence-electron chi connectivity index (χ4n) is 3.45. The van der Waals surface area contributed by atoms with Crippen molar-refractivity contribution in [2.75, 3.05) is 13.1 Å². The van der Waals surface area contributed by atoms with E-state index in [1.807, 2.05) is 18.4 Å². The van der Waals surface area contributed by atoms with Crippen molar-refractivity contribution in [2.45, 2.75) is 32.9 Å². The summed E-state index contributed by atoms with van der Waals surface area (Å²) >= 11 is 0. The number of fused-ring (bicyclic) bond motifs is 1. The fraction of sp³-hybridized carbons (Fsp3) is 0.350. The summed E-state index contributed by atoms with van der Waals surface area (Å²) in [5, 5.41) is 0.463. The van der Waals surface area contributed by atoms with Crippen LogP contribution in [0.4, 0.5) is 0 Å². The van der Waals surface area contributed by atoms with E-state index in [1.54, 1.807) is 41.8 Å². The minimum absolute atomic E-state index is 0.167. The van der Waals surface area contributed by atoms with Crippen LogP contribution in [0.1, 0.15) is 29.4 Å². The van der Waals surface area contributed by atoms with Crippen LogP contribution >= 0.6 is 0 Å². The maximum Gasteiger partial charge on any atom is 0.259 e. The predicted octanol–water partition coefficient (Wildman–Crippen LogP) is 1.81. The van der Waals surface area contributed by atoms with Crippen molar-refractivity contribution in [3.8, 4) is 5.88 Å². The van der Waals surface area contributed by atoms with Gasteiger partial charge in [0.15, 0.2) is 0 Å². The van der Waals surface area contributed by atoms with Crippen LogP contribution < -0.4 is 10.2 Å². The van der Waals surface area contributed by atoms with E-state index in [-0.39, 0.29) is 23.0 Å². The van der Waals surface area contributed by atoms with Crippen molar-refractivity contribution < 1.29 is 9.53 Å². The Labute approximate surface area is 161 Å². The smallest absolute Gasteiger partial charge is 0.259 e. The lowest BCUT2D eigenvalue weighted by Gasteiger charge is -2.18. The first-order valence-electron chi connectivity index (χ1n) is 9.29. The molecule has 0 radical (unpaired) electrons. The molecule has 8 heteroatoms. The number of aryl methyl sites for hydroxylation is 2. The van der Waals surface area contributed by atoms with Crippen molar-refractivity contribution >= 4 is 16.9 Å². The minimum Gasteiger partial charge on any atom is -0.471 e. The van der Waals surface area contributed by atoms with Gasteiger partial charge in [-0.15, -0.1) is 0 Å². The Morgan fingerprint density at radius 3 is 2.93 bits per heavy atom. The van der Waals surface area contributed by atoms with Gasteiger partial charge in [0.25, 0.3) is 5.91 Å². The van der Waals surface area contributed by atoms with Crippen LogP contribution in [-0.4, -0.2) is 49.5 Å². The van der Waals surface area contributed by atoms with E-state index < -0.39 is 0 Å². The maximum absolute atomic E-state index is 13.1. The van der Waals surface area contributed by atoms with E-state index in [0.29, 0.717) is 43.0 Å². The highest BCUT2D eigenvalue weighted by atomic mass is 16.5. The van der Waals surface area contributed by atoms with E-state index in [4.69, 9.17) is 4.74 Å². The molecule has 3 aromatic rings. The van der Waals surface area contributed by atoms with E-state index in [0.717, 1.165) is 5.69 Å². The second-order valence-corrected chi connectivity index (χ2v) is 6.81. The van der Waals surface area contributed by atoms with Gasteiger partial charge in [-0.3, -0.25) is 14.6 Å². The van der Waals surface area contributed by atoms with Crippen LogP contribution in [0.15, 0.2) is 41.7 Å². The van der Waals surface area contributed by atoms with Gasteiger partial charge in [-0.05, 0) is 26.0 Å². The number of carbonyl (C=O) groups excluding carboxylic acids is 1. The summed E-state index contributed by atoms with van der Waals surface area (Å²) in [4.78, 5) is 40.2. The van der Waals surface area contributed by atoms with E-state index in [1.165, 1.54) is 0 Å². The van der Waals surface area contributed by atoms with Gasteiger partial charge in [-0.2, -0.15) is 0 Å². The van der Waals surface area contributed by atoms with Crippen LogP contribution in [0.25, 0.3) is 11.0 Å². The van der Waals surface area contributed by atoms with Crippen molar-refractivity contribution in [1.29, 1.82) is 0 Å². The Morgan fingerprint density at radius 2 is 2.18 bits per heavy atom. The summed E-state index contributed by atoms with van der Waals surface area (Å²) in [5.74, 6) is 0.155. The average molecular weight is 379 g/mol. The minimum atomic E-state index is -0.282. The Morgan fingerprint density at radius 1 is 1.32 bits per heavy atom. The highest BCUT2D eigenvalue weighted by Gasteiger charge is 2.30.